The van der Waals surface area contributed by atoms with Crippen molar-refractivity contribution in [2.45, 2.75) is 46.1 Å². The average Bonchev–Trinajstić information content (AvgIpc) is 2.55. The number of morpholine rings is 1. The molecule has 22 heavy (non-hydrogen) atoms. The Labute approximate surface area is 132 Å². The fourth-order valence-electron chi connectivity index (χ4n) is 2.58. The third kappa shape index (κ3) is 4.47. The minimum absolute atomic E-state index is 0.0542. The number of hydrogen-bond donors (Lipinski definition) is 0. The first-order valence-corrected chi connectivity index (χ1v) is 8.34. The summed E-state index contributed by atoms with van der Waals surface area (Å²) in [5.41, 5.74) is 0.737. The standard InChI is InChI=1S/C16H27N3O3/c1-3-5-6-7-8-19-15(20)13-14(16(17-19)22-4-2)18-9-11-21-12-10-18/h13H,3-12H2,1-2H3. The van der Waals surface area contributed by atoms with Gasteiger partial charge in [-0.15, -0.1) is 5.10 Å². The molecule has 6 heteroatoms. The first kappa shape index (κ1) is 16.8. The Balaban J connectivity index is 2.15. The van der Waals surface area contributed by atoms with E-state index in [-0.39, 0.29) is 5.56 Å². The Kier molecular flexibility index (Phi) is 6.71. The van der Waals surface area contributed by atoms with Crippen molar-refractivity contribution in [3.8, 4) is 5.88 Å². The van der Waals surface area contributed by atoms with Crippen LogP contribution < -0.4 is 15.2 Å². The van der Waals surface area contributed by atoms with Crippen LogP contribution in [0, 0.1) is 0 Å². The van der Waals surface area contributed by atoms with E-state index in [1.54, 1.807) is 6.07 Å². The summed E-state index contributed by atoms with van der Waals surface area (Å²) in [5.74, 6) is 0.555. The molecule has 0 saturated carbocycles. The maximum absolute atomic E-state index is 12.3. The number of rotatable bonds is 8. The van der Waals surface area contributed by atoms with Crippen LogP contribution >= 0.6 is 0 Å². The highest BCUT2D eigenvalue weighted by Gasteiger charge is 2.18. The molecule has 0 N–H and O–H groups in total. The van der Waals surface area contributed by atoms with E-state index < -0.39 is 0 Å². The fraction of sp³-hybridized carbons (Fsp3) is 0.750. The quantitative estimate of drug-likeness (QED) is 0.688. The molecule has 0 amide bonds. The molecule has 0 atom stereocenters. The van der Waals surface area contributed by atoms with E-state index in [2.05, 4.69) is 16.9 Å². The molecular weight excluding hydrogens is 282 g/mol. The van der Waals surface area contributed by atoms with Crippen molar-refractivity contribution in [3.05, 3.63) is 16.4 Å². The van der Waals surface area contributed by atoms with E-state index in [9.17, 15) is 4.79 Å². The van der Waals surface area contributed by atoms with Crippen LogP contribution in [0.15, 0.2) is 10.9 Å². The van der Waals surface area contributed by atoms with Gasteiger partial charge in [-0.25, -0.2) is 4.68 Å². The highest BCUT2D eigenvalue weighted by atomic mass is 16.5. The maximum atomic E-state index is 12.3. The predicted octanol–water partition coefficient (Wildman–Crippen LogP) is 2.06. The second-order valence-corrected chi connectivity index (χ2v) is 5.49. The van der Waals surface area contributed by atoms with Gasteiger partial charge in [0.15, 0.2) is 0 Å². The van der Waals surface area contributed by atoms with Crippen molar-refractivity contribution < 1.29 is 9.47 Å². The summed E-state index contributed by atoms with van der Waals surface area (Å²) in [5, 5.41) is 4.43. The lowest BCUT2D eigenvalue weighted by atomic mass is 10.2. The highest BCUT2D eigenvalue weighted by Crippen LogP contribution is 2.24. The molecule has 0 bridgehead atoms. The third-order valence-corrected chi connectivity index (χ3v) is 3.80. The van der Waals surface area contributed by atoms with Gasteiger partial charge in [0.25, 0.3) is 11.4 Å². The smallest absolute Gasteiger partial charge is 0.269 e. The predicted molar refractivity (Wildman–Crippen MR) is 86.8 cm³/mol. The van der Waals surface area contributed by atoms with Crippen LogP contribution in [0.4, 0.5) is 5.69 Å². The summed E-state index contributed by atoms with van der Waals surface area (Å²) >= 11 is 0. The molecule has 0 unspecified atom stereocenters. The minimum atomic E-state index is -0.0542. The summed E-state index contributed by atoms with van der Waals surface area (Å²) in [4.78, 5) is 14.4. The number of hydrogen-bond acceptors (Lipinski definition) is 5. The van der Waals surface area contributed by atoms with Crippen LogP contribution in [0.1, 0.15) is 39.5 Å². The van der Waals surface area contributed by atoms with Crippen LogP contribution in [0.25, 0.3) is 0 Å². The Morgan fingerprint density at radius 1 is 1.23 bits per heavy atom. The number of aromatic nitrogens is 2. The van der Waals surface area contributed by atoms with E-state index in [1.165, 1.54) is 17.5 Å². The highest BCUT2D eigenvalue weighted by molar-refractivity contribution is 5.54. The maximum Gasteiger partial charge on any atom is 0.269 e. The normalized spacial score (nSPS) is 15.1. The fourth-order valence-corrected chi connectivity index (χ4v) is 2.58. The molecule has 0 aromatic carbocycles. The summed E-state index contributed by atoms with van der Waals surface area (Å²) in [6, 6.07) is 1.66. The van der Waals surface area contributed by atoms with E-state index in [4.69, 9.17) is 9.47 Å². The van der Waals surface area contributed by atoms with E-state index in [0.717, 1.165) is 31.6 Å². The number of aryl methyl sites for hydroxylation is 1. The SMILES string of the molecule is CCCCCCn1nc(OCC)c(N2CCOCC2)cc1=O. The van der Waals surface area contributed by atoms with Crippen molar-refractivity contribution in [2.75, 3.05) is 37.8 Å². The number of nitrogens with zero attached hydrogens (tertiary/aromatic N) is 3. The second-order valence-electron chi connectivity index (χ2n) is 5.49. The Hall–Kier alpha value is -1.56. The Bertz CT molecular complexity index is 510. The van der Waals surface area contributed by atoms with E-state index >= 15 is 0 Å². The van der Waals surface area contributed by atoms with Gasteiger partial charge < -0.3 is 14.4 Å². The van der Waals surface area contributed by atoms with Crippen LogP contribution in [0.2, 0.25) is 0 Å². The van der Waals surface area contributed by atoms with Gasteiger partial charge in [-0.05, 0) is 13.3 Å². The number of unbranched alkanes of at least 4 members (excludes halogenated alkanes) is 3. The van der Waals surface area contributed by atoms with E-state index in [0.29, 0.717) is 32.2 Å². The van der Waals surface area contributed by atoms with Gasteiger partial charge in [-0.1, -0.05) is 26.2 Å². The van der Waals surface area contributed by atoms with Crippen molar-refractivity contribution in [1.29, 1.82) is 0 Å². The van der Waals surface area contributed by atoms with Crippen molar-refractivity contribution >= 4 is 5.69 Å². The molecule has 2 rings (SSSR count). The lowest BCUT2D eigenvalue weighted by Crippen LogP contribution is -2.38. The minimum Gasteiger partial charge on any atom is -0.475 e. The van der Waals surface area contributed by atoms with Gasteiger partial charge in [0.05, 0.1) is 19.8 Å². The zero-order chi connectivity index (χ0) is 15.8. The monoisotopic (exact) mass is 309 g/mol. The second kappa shape index (κ2) is 8.78. The molecule has 1 aromatic rings. The average molecular weight is 309 g/mol. The van der Waals surface area contributed by atoms with Gasteiger partial charge in [0.2, 0.25) is 0 Å². The molecule has 1 aromatic heterocycles. The zero-order valence-corrected chi connectivity index (χ0v) is 13.7. The lowest BCUT2D eigenvalue weighted by Gasteiger charge is -2.29. The van der Waals surface area contributed by atoms with Gasteiger partial charge in [0, 0.05) is 25.7 Å². The van der Waals surface area contributed by atoms with Gasteiger partial charge in [-0.3, -0.25) is 4.79 Å². The molecule has 2 heterocycles. The molecule has 0 radical (unpaired) electrons. The van der Waals surface area contributed by atoms with E-state index in [1.807, 2.05) is 6.92 Å². The summed E-state index contributed by atoms with van der Waals surface area (Å²) in [7, 11) is 0. The van der Waals surface area contributed by atoms with Gasteiger partial charge >= 0.3 is 0 Å². The molecule has 6 nitrogen and oxygen atoms in total. The molecule has 0 aliphatic carbocycles. The van der Waals surface area contributed by atoms with Crippen molar-refractivity contribution in [1.82, 2.24) is 9.78 Å². The molecular formula is C16H27N3O3. The molecule has 0 spiro atoms. The first-order valence-electron chi connectivity index (χ1n) is 8.34. The Morgan fingerprint density at radius 2 is 2.00 bits per heavy atom. The molecule has 1 aliphatic heterocycles. The number of anilines is 1. The Morgan fingerprint density at radius 3 is 2.68 bits per heavy atom. The van der Waals surface area contributed by atoms with Gasteiger partial charge in [-0.2, -0.15) is 0 Å². The molecule has 124 valence electrons. The van der Waals surface area contributed by atoms with Crippen LogP contribution in [-0.2, 0) is 11.3 Å². The lowest BCUT2D eigenvalue weighted by molar-refractivity contribution is 0.122. The topological polar surface area (TPSA) is 56.6 Å². The van der Waals surface area contributed by atoms with Crippen molar-refractivity contribution in [2.24, 2.45) is 0 Å². The van der Waals surface area contributed by atoms with Gasteiger partial charge in [0.1, 0.15) is 5.69 Å². The first-order chi connectivity index (χ1) is 10.8. The summed E-state index contributed by atoms with van der Waals surface area (Å²) in [6.07, 6.45) is 4.48. The van der Waals surface area contributed by atoms with Crippen LogP contribution in [0.5, 0.6) is 5.88 Å². The zero-order valence-electron chi connectivity index (χ0n) is 13.7. The van der Waals surface area contributed by atoms with Crippen LogP contribution in [0.3, 0.4) is 0 Å². The van der Waals surface area contributed by atoms with Crippen molar-refractivity contribution in [3.63, 3.8) is 0 Å². The van der Waals surface area contributed by atoms with Crippen LogP contribution in [-0.4, -0.2) is 42.7 Å². The molecule has 1 saturated heterocycles. The number of ether oxygens (including phenoxy) is 2. The molecule has 1 fully saturated rings. The molecule has 1 aliphatic rings. The third-order valence-electron chi connectivity index (χ3n) is 3.80. The summed E-state index contributed by atoms with van der Waals surface area (Å²) in [6.45, 7) is 8.18. The largest absolute Gasteiger partial charge is 0.475 e. The summed E-state index contributed by atoms with van der Waals surface area (Å²) < 4.78 is 12.6.